The Labute approximate surface area is 95.4 Å². The molecule has 15 heavy (non-hydrogen) atoms. The van der Waals surface area contributed by atoms with E-state index in [1.165, 1.54) is 23.3 Å². The third-order valence-corrected chi connectivity index (χ3v) is 4.48. The molecular weight excluding hydrogens is 206 g/mol. The molecule has 3 heteroatoms. The molecule has 1 aliphatic heterocycles. The summed E-state index contributed by atoms with van der Waals surface area (Å²) in [5.41, 5.74) is 7.33. The van der Waals surface area contributed by atoms with Crippen molar-refractivity contribution in [2.45, 2.75) is 25.7 Å². The van der Waals surface area contributed by atoms with Crippen molar-refractivity contribution in [1.82, 2.24) is 0 Å². The molecule has 1 saturated heterocycles. The molecule has 1 unspecified atom stereocenters. The molecule has 0 radical (unpaired) electrons. The summed E-state index contributed by atoms with van der Waals surface area (Å²) in [5, 5.41) is 2.17. The highest BCUT2D eigenvalue weighted by atomic mass is 32.1. The van der Waals surface area contributed by atoms with Crippen LogP contribution >= 0.6 is 11.3 Å². The molecule has 0 aliphatic carbocycles. The Morgan fingerprint density at radius 2 is 2.27 bits per heavy atom. The van der Waals surface area contributed by atoms with Gasteiger partial charge in [-0.15, -0.1) is 11.3 Å². The second-order valence-corrected chi connectivity index (χ2v) is 5.21. The van der Waals surface area contributed by atoms with Crippen LogP contribution in [0.2, 0.25) is 0 Å². The van der Waals surface area contributed by atoms with E-state index in [9.17, 15) is 0 Å². The molecule has 0 spiro atoms. The highest BCUT2D eigenvalue weighted by Crippen LogP contribution is 2.35. The summed E-state index contributed by atoms with van der Waals surface area (Å²) >= 11 is 1.86. The lowest BCUT2D eigenvalue weighted by Crippen LogP contribution is -2.27. The number of hydrogen-bond acceptors (Lipinski definition) is 3. The summed E-state index contributed by atoms with van der Waals surface area (Å²) in [6.45, 7) is 4.77. The lowest BCUT2D eigenvalue weighted by Gasteiger charge is -2.29. The van der Waals surface area contributed by atoms with Gasteiger partial charge in [0.05, 0.1) is 0 Å². The number of ether oxygens (including phenoxy) is 1. The Morgan fingerprint density at radius 1 is 1.53 bits per heavy atom. The van der Waals surface area contributed by atoms with Crippen molar-refractivity contribution in [2.24, 2.45) is 11.7 Å². The van der Waals surface area contributed by atoms with Crippen LogP contribution in [0, 0.1) is 12.8 Å². The zero-order valence-corrected chi connectivity index (χ0v) is 10.1. The number of rotatable bonds is 3. The summed E-state index contributed by atoms with van der Waals surface area (Å²) in [7, 11) is 0. The largest absolute Gasteiger partial charge is 0.381 e. The molecule has 2 nitrogen and oxygen atoms in total. The average Bonchev–Trinajstić information content (AvgIpc) is 2.68. The van der Waals surface area contributed by atoms with Gasteiger partial charge in [0, 0.05) is 30.6 Å². The summed E-state index contributed by atoms with van der Waals surface area (Å²) in [6.07, 6.45) is 2.33. The third-order valence-electron chi connectivity index (χ3n) is 3.33. The Bertz CT molecular complexity index is 304. The van der Waals surface area contributed by atoms with Gasteiger partial charge in [-0.2, -0.15) is 0 Å². The predicted octanol–water partition coefficient (Wildman–Crippen LogP) is 2.53. The van der Waals surface area contributed by atoms with Gasteiger partial charge in [0.25, 0.3) is 0 Å². The first-order chi connectivity index (χ1) is 7.33. The molecule has 84 valence electrons. The van der Waals surface area contributed by atoms with E-state index in [0.717, 1.165) is 25.7 Å². The molecule has 2 heterocycles. The molecule has 0 saturated carbocycles. The summed E-state index contributed by atoms with van der Waals surface area (Å²) in [4.78, 5) is 1.49. The Kier molecular flexibility index (Phi) is 3.78. The van der Waals surface area contributed by atoms with Crippen molar-refractivity contribution >= 4 is 11.3 Å². The fourth-order valence-electron chi connectivity index (χ4n) is 2.40. The van der Waals surface area contributed by atoms with Gasteiger partial charge in [-0.05, 0) is 42.7 Å². The molecule has 1 atom stereocenters. The normalized spacial score (nSPS) is 20.4. The molecule has 1 fully saturated rings. The SMILES string of the molecule is Cc1ccsc1C(CN)C1CCOCC1. The zero-order valence-electron chi connectivity index (χ0n) is 9.24. The Hall–Kier alpha value is -0.380. The van der Waals surface area contributed by atoms with Crippen molar-refractivity contribution in [3.63, 3.8) is 0 Å². The van der Waals surface area contributed by atoms with E-state index in [-0.39, 0.29) is 0 Å². The lowest BCUT2D eigenvalue weighted by atomic mass is 9.84. The highest BCUT2D eigenvalue weighted by Gasteiger charge is 2.26. The van der Waals surface area contributed by atoms with Gasteiger partial charge in [-0.3, -0.25) is 0 Å². The van der Waals surface area contributed by atoms with E-state index in [1.54, 1.807) is 0 Å². The standard InChI is InChI=1S/C12H19NOS/c1-9-4-7-15-12(9)11(8-13)10-2-5-14-6-3-10/h4,7,10-11H,2-3,5-6,8,13H2,1H3. The number of thiophene rings is 1. The number of nitrogens with two attached hydrogens (primary N) is 1. The molecule has 1 aromatic heterocycles. The molecule has 2 rings (SSSR count). The van der Waals surface area contributed by atoms with Crippen LogP contribution in [-0.4, -0.2) is 19.8 Å². The van der Waals surface area contributed by atoms with Gasteiger partial charge >= 0.3 is 0 Å². The van der Waals surface area contributed by atoms with E-state index in [4.69, 9.17) is 10.5 Å². The topological polar surface area (TPSA) is 35.2 Å². The van der Waals surface area contributed by atoms with Crippen LogP contribution in [0.1, 0.15) is 29.2 Å². The van der Waals surface area contributed by atoms with Crippen LogP contribution in [0.15, 0.2) is 11.4 Å². The second-order valence-electron chi connectivity index (χ2n) is 4.26. The maximum absolute atomic E-state index is 5.93. The van der Waals surface area contributed by atoms with Crippen molar-refractivity contribution in [2.75, 3.05) is 19.8 Å². The fourth-order valence-corrected chi connectivity index (χ4v) is 3.53. The van der Waals surface area contributed by atoms with Crippen molar-refractivity contribution in [1.29, 1.82) is 0 Å². The zero-order chi connectivity index (χ0) is 10.7. The maximum Gasteiger partial charge on any atom is 0.0468 e. The summed E-state index contributed by atoms with van der Waals surface area (Å²) in [5.74, 6) is 1.27. The number of hydrogen-bond donors (Lipinski definition) is 1. The van der Waals surface area contributed by atoms with Crippen molar-refractivity contribution in [3.8, 4) is 0 Å². The van der Waals surface area contributed by atoms with Gasteiger partial charge in [-0.25, -0.2) is 0 Å². The first kappa shape index (κ1) is 11.1. The quantitative estimate of drug-likeness (QED) is 0.858. The molecular formula is C12H19NOS. The summed E-state index contributed by atoms with van der Waals surface area (Å²) < 4.78 is 5.40. The molecule has 1 aliphatic rings. The molecule has 0 amide bonds. The fraction of sp³-hybridized carbons (Fsp3) is 0.667. The molecule has 2 N–H and O–H groups in total. The van der Waals surface area contributed by atoms with Crippen LogP contribution in [0.4, 0.5) is 0 Å². The first-order valence-electron chi connectivity index (χ1n) is 5.64. The van der Waals surface area contributed by atoms with E-state index >= 15 is 0 Å². The van der Waals surface area contributed by atoms with Crippen molar-refractivity contribution in [3.05, 3.63) is 21.9 Å². The predicted molar refractivity (Wildman–Crippen MR) is 64.4 cm³/mol. The van der Waals surface area contributed by atoms with Gasteiger partial charge in [0.15, 0.2) is 0 Å². The van der Waals surface area contributed by atoms with Crippen LogP contribution in [0.25, 0.3) is 0 Å². The third kappa shape index (κ3) is 2.41. The van der Waals surface area contributed by atoms with Gasteiger partial charge in [0.1, 0.15) is 0 Å². The van der Waals surface area contributed by atoms with E-state index < -0.39 is 0 Å². The maximum atomic E-state index is 5.93. The minimum atomic E-state index is 0.550. The van der Waals surface area contributed by atoms with Gasteiger partial charge in [0.2, 0.25) is 0 Å². The molecule has 0 aromatic carbocycles. The van der Waals surface area contributed by atoms with Crippen molar-refractivity contribution < 1.29 is 4.74 Å². The summed E-state index contributed by atoms with van der Waals surface area (Å²) in [6, 6.07) is 2.20. The molecule has 0 bridgehead atoms. The van der Waals surface area contributed by atoms with Gasteiger partial charge < -0.3 is 10.5 Å². The van der Waals surface area contributed by atoms with Crippen LogP contribution in [0.3, 0.4) is 0 Å². The minimum absolute atomic E-state index is 0.550. The monoisotopic (exact) mass is 225 g/mol. The smallest absolute Gasteiger partial charge is 0.0468 e. The second kappa shape index (κ2) is 5.10. The van der Waals surface area contributed by atoms with Gasteiger partial charge in [-0.1, -0.05) is 0 Å². The molecule has 1 aromatic rings. The average molecular weight is 225 g/mol. The van der Waals surface area contributed by atoms with Crippen LogP contribution in [-0.2, 0) is 4.74 Å². The van der Waals surface area contributed by atoms with E-state index in [1.807, 2.05) is 11.3 Å². The Morgan fingerprint density at radius 3 is 2.80 bits per heavy atom. The lowest BCUT2D eigenvalue weighted by molar-refractivity contribution is 0.0589. The van der Waals surface area contributed by atoms with E-state index in [2.05, 4.69) is 18.4 Å². The van der Waals surface area contributed by atoms with E-state index in [0.29, 0.717) is 5.92 Å². The number of aryl methyl sites for hydroxylation is 1. The highest BCUT2D eigenvalue weighted by molar-refractivity contribution is 7.10. The van der Waals surface area contributed by atoms with Crippen LogP contribution < -0.4 is 5.73 Å². The minimum Gasteiger partial charge on any atom is -0.381 e. The van der Waals surface area contributed by atoms with Crippen LogP contribution in [0.5, 0.6) is 0 Å². The first-order valence-corrected chi connectivity index (χ1v) is 6.52. The Balaban J connectivity index is 2.12.